The highest BCUT2D eigenvalue weighted by Crippen LogP contribution is 2.22. The largest absolute Gasteiger partial charge is 0.311 e. The first-order valence-corrected chi connectivity index (χ1v) is 9.02. The minimum atomic E-state index is -3.89. The maximum absolute atomic E-state index is 13.3. The van der Waals surface area contributed by atoms with Gasteiger partial charge in [-0.05, 0) is 49.2 Å². The van der Waals surface area contributed by atoms with Crippen LogP contribution in [0.4, 0.5) is 10.1 Å². The predicted molar refractivity (Wildman–Crippen MR) is 88.7 cm³/mol. The zero-order valence-electron chi connectivity index (χ0n) is 13.1. The molecular formula is C17H17FN2O3S. The highest BCUT2D eigenvalue weighted by molar-refractivity contribution is 7.89. The molecule has 0 aliphatic carbocycles. The van der Waals surface area contributed by atoms with Crippen LogP contribution in [0.25, 0.3) is 0 Å². The second-order valence-corrected chi connectivity index (χ2v) is 7.41. The number of para-hydroxylation sites is 1. The molecule has 3 rings (SSSR count). The maximum Gasteiger partial charge on any atom is 0.245 e. The number of sulfonamides is 1. The number of hydrogen-bond donors (Lipinski definition) is 1. The van der Waals surface area contributed by atoms with Crippen molar-refractivity contribution in [2.24, 2.45) is 0 Å². The molecule has 0 saturated carbocycles. The fourth-order valence-corrected chi connectivity index (χ4v) is 4.00. The van der Waals surface area contributed by atoms with Crippen LogP contribution in [-0.2, 0) is 14.8 Å². The smallest absolute Gasteiger partial charge is 0.245 e. The number of carbonyl (C=O) groups is 1. The summed E-state index contributed by atoms with van der Waals surface area (Å²) in [6.45, 7) is 1.94. The fraction of sp³-hybridized carbons (Fsp3) is 0.235. The molecule has 1 heterocycles. The van der Waals surface area contributed by atoms with Gasteiger partial charge < -0.3 is 4.90 Å². The van der Waals surface area contributed by atoms with Crippen LogP contribution < -0.4 is 9.62 Å². The van der Waals surface area contributed by atoms with Gasteiger partial charge in [0.05, 0.1) is 4.90 Å². The summed E-state index contributed by atoms with van der Waals surface area (Å²) in [4.78, 5) is 14.0. The average Bonchev–Trinajstić information content (AvgIpc) is 2.91. The van der Waals surface area contributed by atoms with E-state index in [1.165, 1.54) is 19.1 Å². The molecule has 1 amide bonds. The van der Waals surface area contributed by atoms with Crippen molar-refractivity contribution in [2.75, 3.05) is 11.4 Å². The van der Waals surface area contributed by atoms with Gasteiger partial charge in [0.25, 0.3) is 0 Å². The summed E-state index contributed by atoms with van der Waals surface area (Å²) in [7, 11) is -3.89. The molecule has 1 aliphatic rings. The monoisotopic (exact) mass is 348 g/mol. The number of aryl methyl sites for hydroxylation is 1. The molecule has 0 bridgehead atoms. The lowest BCUT2D eigenvalue weighted by Gasteiger charge is -2.17. The van der Waals surface area contributed by atoms with E-state index in [9.17, 15) is 17.6 Å². The molecule has 2 aromatic rings. The summed E-state index contributed by atoms with van der Waals surface area (Å²) >= 11 is 0. The first-order valence-electron chi connectivity index (χ1n) is 7.53. The summed E-state index contributed by atoms with van der Waals surface area (Å²) in [5.41, 5.74) is 0.975. The normalized spacial score (nSPS) is 18.2. The van der Waals surface area contributed by atoms with Crippen molar-refractivity contribution in [2.45, 2.75) is 24.3 Å². The Bertz CT molecular complexity index is 869. The van der Waals surface area contributed by atoms with Crippen molar-refractivity contribution in [1.82, 2.24) is 4.72 Å². The van der Waals surface area contributed by atoms with E-state index >= 15 is 0 Å². The summed E-state index contributed by atoms with van der Waals surface area (Å²) in [6, 6.07) is 11.8. The van der Waals surface area contributed by atoms with E-state index in [0.717, 1.165) is 11.8 Å². The molecule has 1 N–H and O–H groups in total. The summed E-state index contributed by atoms with van der Waals surface area (Å²) in [5.74, 6) is -0.759. The third-order valence-corrected chi connectivity index (χ3v) is 5.48. The van der Waals surface area contributed by atoms with E-state index in [-0.39, 0.29) is 16.4 Å². The molecule has 7 heteroatoms. The number of hydrogen-bond acceptors (Lipinski definition) is 3. The van der Waals surface area contributed by atoms with Crippen molar-refractivity contribution in [3.63, 3.8) is 0 Å². The number of amides is 1. The SMILES string of the molecule is Cc1cc(S(=O)(=O)N[C@@H]2CCN(c3ccccc3)C2=O)ccc1F. The molecule has 0 unspecified atom stereocenters. The average molecular weight is 348 g/mol. The molecule has 5 nitrogen and oxygen atoms in total. The van der Waals surface area contributed by atoms with Crippen LogP contribution in [0.2, 0.25) is 0 Å². The highest BCUT2D eigenvalue weighted by Gasteiger charge is 2.35. The van der Waals surface area contributed by atoms with Gasteiger partial charge in [0.1, 0.15) is 11.9 Å². The third kappa shape index (κ3) is 3.18. The summed E-state index contributed by atoms with van der Waals surface area (Å²) in [5, 5.41) is 0. The lowest BCUT2D eigenvalue weighted by molar-refractivity contribution is -0.118. The molecule has 0 aromatic heterocycles. The van der Waals surface area contributed by atoms with E-state index in [4.69, 9.17) is 0 Å². The number of halogens is 1. The Labute approximate surface area is 140 Å². The number of benzene rings is 2. The Hall–Kier alpha value is -2.25. The third-order valence-electron chi connectivity index (χ3n) is 4.01. The van der Waals surface area contributed by atoms with Crippen molar-refractivity contribution < 1.29 is 17.6 Å². The van der Waals surface area contributed by atoms with Crippen LogP contribution in [0, 0.1) is 12.7 Å². The van der Waals surface area contributed by atoms with Gasteiger partial charge in [0.15, 0.2) is 0 Å². The van der Waals surface area contributed by atoms with Gasteiger partial charge in [0, 0.05) is 12.2 Å². The zero-order valence-corrected chi connectivity index (χ0v) is 13.9. The number of anilines is 1. The second kappa shape index (κ2) is 6.33. The van der Waals surface area contributed by atoms with E-state index in [0.29, 0.717) is 13.0 Å². The lowest BCUT2D eigenvalue weighted by Crippen LogP contribution is -2.41. The summed E-state index contributed by atoms with van der Waals surface area (Å²) in [6.07, 6.45) is 0.382. The van der Waals surface area contributed by atoms with Crippen LogP contribution in [0.5, 0.6) is 0 Å². The number of rotatable bonds is 4. The Morgan fingerprint density at radius 1 is 1.17 bits per heavy atom. The Kier molecular flexibility index (Phi) is 4.38. The highest BCUT2D eigenvalue weighted by atomic mass is 32.2. The molecule has 0 radical (unpaired) electrons. The molecule has 0 spiro atoms. The number of nitrogens with one attached hydrogen (secondary N) is 1. The van der Waals surface area contributed by atoms with Crippen molar-refractivity contribution in [3.05, 3.63) is 59.9 Å². The van der Waals surface area contributed by atoms with E-state index in [1.54, 1.807) is 17.0 Å². The van der Waals surface area contributed by atoms with Crippen LogP contribution in [0.3, 0.4) is 0 Å². The first kappa shape index (κ1) is 16.6. The standard InChI is InChI=1S/C17H17FN2O3S/c1-12-11-14(7-8-15(12)18)24(22,23)19-16-9-10-20(17(16)21)13-5-3-2-4-6-13/h2-8,11,16,19H,9-10H2,1H3/t16-/m1/s1. The summed E-state index contributed by atoms with van der Waals surface area (Å²) < 4.78 is 40.6. The quantitative estimate of drug-likeness (QED) is 0.921. The van der Waals surface area contributed by atoms with E-state index in [2.05, 4.69) is 4.72 Å². The number of nitrogens with zero attached hydrogens (tertiary/aromatic N) is 1. The van der Waals surface area contributed by atoms with E-state index < -0.39 is 21.9 Å². The topological polar surface area (TPSA) is 66.5 Å². The van der Waals surface area contributed by atoms with Crippen LogP contribution in [-0.4, -0.2) is 26.9 Å². The molecule has 126 valence electrons. The van der Waals surface area contributed by atoms with Gasteiger partial charge in [-0.3, -0.25) is 4.79 Å². The van der Waals surface area contributed by atoms with E-state index in [1.807, 2.05) is 18.2 Å². The number of carbonyl (C=O) groups excluding carboxylic acids is 1. The lowest BCUT2D eigenvalue weighted by atomic mass is 10.2. The Morgan fingerprint density at radius 3 is 2.54 bits per heavy atom. The Morgan fingerprint density at radius 2 is 1.88 bits per heavy atom. The molecule has 1 saturated heterocycles. The van der Waals surface area contributed by atoms with Gasteiger partial charge >= 0.3 is 0 Å². The van der Waals surface area contributed by atoms with Gasteiger partial charge in [-0.2, -0.15) is 4.72 Å². The molecule has 1 atom stereocenters. The second-order valence-electron chi connectivity index (χ2n) is 5.70. The van der Waals surface area contributed by atoms with Crippen LogP contribution in [0.15, 0.2) is 53.4 Å². The van der Waals surface area contributed by atoms with Crippen molar-refractivity contribution >= 4 is 21.6 Å². The van der Waals surface area contributed by atoms with Crippen LogP contribution in [0.1, 0.15) is 12.0 Å². The van der Waals surface area contributed by atoms with Gasteiger partial charge in [-0.25, -0.2) is 12.8 Å². The van der Waals surface area contributed by atoms with Crippen molar-refractivity contribution in [1.29, 1.82) is 0 Å². The molecule has 2 aromatic carbocycles. The molecule has 1 aliphatic heterocycles. The predicted octanol–water partition coefficient (Wildman–Crippen LogP) is 2.22. The first-order chi connectivity index (χ1) is 11.4. The molecule has 24 heavy (non-hydrogen) atoms. The minimum absolute atomic E-state index is 0.0487. The van der Waals surface area contributed by atoms with Crippen molar-refractivity contribution in [3.8, 4) is 0 Å². The Balaban J connectivity index is 1.78. The van der Waals surface area contributed by atoms with Gasteiger partial charge in [0.2, 0.25) is 15.9 Å². The van der Waals surface area contributed by atoms with Gasteiger partial charge in [-0.1, -0.05) is 18.2 Å². The molecular weight excluding hydrogens is 331 g/mol. The maximum atomic E-state index is 13.3. The zero-order chi connectivity index (χ0) is 17.3. The molecule has 1 fully saturated rings. The van der Waals surface area contributed by atoms with Crippen LogP contribution >= 0.6 is 0 Å². The minimum Gasteiger partial charge on any atom is -0.311 e. The fourth-order valence-electron chi connectivity index (χ4n) is 2.69. The van der Waals surface area contributed by atoms with Gasteiger partial charge in [-0.15, -0.1) is 0 Å².